The number of benzene rings is 2. The van der Waals surface area contributed by atoms with Crippen molar-refractivity contribution in [3.63, 3.8) is 0 Å². The molecule has 1 aromatic heterocycles. The summed E-state index contributed by atoms with van der Waals surface area (Å²) in [6.07, 6.45) is -2.38. The van der Waals surface area contributed by atoms with E-state index < -0.39 is 49.7 Å². The largest absolute Gasteiger partial charge is 0.573 e. The number of amides is 2. The van der Waals surface area contributed by atoms with Crippen molar-refractivity contribution in [2.24, 2.45) is 0 Å². The van der Waals surface area contributed by atoms with Gasteiger partial charge in [0, 0.05) is 18.0 Å². The Morgan fingerprint density at radius 1 is 1.21 bits per heavy atom. The molecule has 2 amide bonds. The van der Waals surface area contributed by atoms with Crippen molar-refractivity contribution in [2.75, 3.05) is 13.1 Å². The van der Waals surface area contributed by atoms with E-state index in [4.69, 9.17) is 5.26 Å². The van der Waals surface area contributed by atoms with Crippen molar-refractivity contribution >= 4 is 34.4 Å². The minimum Gasteiger partial charge on any atom is -0.406 e. The highest BCUT2D eigenvalue weighted by molar-refractivity contribution is 6.07. The highest BCUT2D eigenvalue weighted by Gasteiger charge is 2.47. The number of nitrogens with one attached hydrogen (secondary N) is 1. The fourth-order valence-electron chi connectivity index (χ4n) is 4.24. The van der Waals surface area contributed by atoms with Crippen LogP contribution in [0.5, 0.6) is 5.75 Å². The Balaban J connectivity index is 1.51. The number of hydrogen-bond donors (Lipinski definition) is 1. The number of nitriles is 1. The lowest BCUT2D eigenvalue weighted by molar-refractivity contribution is -0.274. The van der Waals surface area contributed by atoms with Crippen molar-refractivity contribution in [1.29, 1.82) is 5.26 Å². The number of pyridine rings is 1. The Bertz CT molecular complexity index is 1480. The van der Waals surface area contributed by atoms with Gasteiger partial charge in [-0.3, -0.25) is 14.6 Å². The molecule has 4 rings (SSSR count). The average molecular weight is 544 g/mol. The lowest BCUT2D eigenvalue weighted by atomic mass is 10.00. The number of alkyl halides is 5. The summed E-state index contributed by atoms with van der Waals surface area (Å²) in [7, 11) is 0. The van der Waals surface area contributed by atoms with Gasteiger partial charge in [0.25, 0.3) is 11.8 Å². The van der Waals surface area contributed by atoms with Crippen LogP contribution in [0.3, 0.4) is 0 Å². The molecular weight excluding hydrogens is 523 g/mol. The number of hydrogen-bond acceptors (Lipinski definition) is 5. The monoisotopic (exact) mass is 544 g/mol. The number of nitrogens with zero attached hydrogens (tertiary/aromatic N) is 3. The Morgan fingerprint density at radius 3 is 2.59 bits per heavy atom. The number of fused-ring (bicyclic) bond motifs is 1. The first-order valence-electron chi connectivity index (χ1n) is 11.6. The molecule has 2 heterocycles. The van der Waals surface area contributed by atoms with Crippen LogP contribution in [0.2, 0.25) is 0 Å². The van der Waals surface area contributed by atoms with E-state index in [1.165, 1.54) is 36.5 Å². The summed E-state index contributed by atoms with van der Waals surface area (Å²) in [5.41, 5.74) is 2.74. The van der Waals surface area contributed by atoms with E-state index in [2.05, 4.69) is 15.0 Å². The van der Waals surface area contributed by atoms with Gasteiger partial charge in [-0.15, -0.1) is 13.2 Å². The number of ether oxygens (including phenoxy) is 1. The molecule has 2 aromatic carbocycles. The van der Waals surface area contributed by atoms with Crippen molar-refractivity contribution in [3.05, 3.63) is 71.4 Å². The van der Waals surface area contributed by atoms with Gasteiger partial charge >= 0.3 is 6.36 Å². The molecule has 202 valence electrons. The summed E-state index contributed by atoms with van der Waals surface area (Å²) in [4.78, 5) is 30.4. The molecule has 3 aromatic rings. The molecule has 0 radical (unpaired) electrons. The van der Waals surface area contributed by atoms with Crippen LogP contribution in [0.25, 0.3) is 22.6 Å². The van der Waals surface area contributed by atoms with Gasteiger partial charge in [-0.1, -0.05) is 24.3 Å². The minimum atomic E-state index is -4.79. The van der Waals surface area contributed by atoms with Crippen molar-refractivity contribution in [3.8, 4) is 11.8 Å². The number of carbonyl (C=O) groups is 2. The molecule has 39 heavy (non-hydrogen) atoms. The number of allylic oxidation sites excluding steroid dienone is 1. The molecule has 0 spiro atoms. The summed E-state index contributed by atoms with van der Waals surface area (Å²) in [5, 5.41) is 12.0. The van der Waals surface area contributed by atoms with E-state index in [-0.39, 0.29) is 11.3 Å². The fourth-order valence-corrected chi connectivity index (χ4v) is 4.24. The van der Waals surface area contributed by atoms with Gasteiger partial charge < -0.3 is 15.0 Å². The van der Waals surface area contributed by atoms with Gasteiger partial charge in [0.15, 0.2) is 0 Å². The predicted molar refractivity (Wildman–Crippen MR) is 131 cm³/mol. The van der Waals surface area contributed by atoms with Gasteiger partial charge in [-0.2, -0.15) is 5.26 Å². The lowest BCUT2D eigenvalue weighted by Crippen LogP contribution is -2.43. The Labute approximate surface area is 219 Å². The van der Waals surface area contributed by atoms with Crippen molar-refractivity contribution < 1.29 is 36.3 Å². The van der Waals surface area contributed by atoms with Crippen molar-refractivity contribution in [2.45, 2.75) is 31.7 Å². The predicted octanol–water partition coefficient (Wildman–Crippen LogP) is 5.18. The summed E-state index contributed by atoms with van der Waals surface area (Å²) in [5.74, 6) is -4.93. The lowest BCUT2D eigenvalue weighted by Gasteiger charge is -2.19. The summed E-state index contributed by atoms with van der Waals surface area (Å²) in [6.45, 7) is 0.336. The minimum absolute atomic E-state index is 0.194. The molecule has 12 heteroatoms. The van der Waals surface area contributed by atoms with Gasteiger partial charge in [-0.05, 0) is 54.0 Å². The highest BCUT2D eigenvalue weighted by atomic mass is 19.4. The normalized spacial score (nSPS) is 17.1. The van der Waals surface area contributed by atoms with E-state index >= 15 is 0 Å². The molecule has 1 unspecified atom stereocenters. The second-order valence-electron chi connectivity index (χ2n) is 8.94. The molecule has 1 fully saturated rings. The Hall–Kier alpha value is -4.53. The third-order valence-electron chi connectivity index (χ3n) is 6.08. The van der Waals surface area contributed by atoms with Crippen LogP contribution < -0.4 is 10.1 Å². The first-order valence-corrected chi connectivity index (χ1v) is 11.6. The molecule has 7 nitrogen and oxygen atoms in total. The van der Waals surface area contributed by atoms with Crippen LogP contribution in [0.4, 0.5) is 22.0 Å². The number of likely N-dealkylation sites (tertiary alicyclic amines) is 1. The number of rotatable bonds is 6. The molecule has 0 saturated carbocycles. The van der Waals surface area contributed by atoms with Gasteiger partial charge in [0.1, 0.15) is 11.8 Å². The van der Waals surface area contributed by atoms with Crippen molar-refractivity contribution in [1.82, 2.24) is 15.2 Å². The second-order valence-corrected chi connectivity index (χ2v) is 8.94. The van der Waals surface area contributed by atoms with Gasteiger partial charge in [0.2, 0.25) is 5.91 Å². The molecule has 1 atom stereocenters. The SMILES string of the molecule is C/C(=C\c1ccc(OC(F)(F)F)cc1)c1ccc2nccc(C(=O)NCC(=O)N3CC(F)(F)CC3C#N)c2c1. The van der Waals surface area contributed by atoms with Crippen LogP contribution in [-0.2, 0) is 4.79 Å². The summed E-state index contributed by atoms with van der Waals surface area (Å²) >= 11 is 0. The first kappa shape index (κ1) is 27.5. The number of aromatic nitrogens is 1. The van der Waals surface area contributed by atoms with E-state index in [1.54, 1.807) is 37.3 Å². The molecular formula is C27H21F5N4O3. The maximum absolute atomic E-state index is 13.7. The van der Waals surface area contributed by atoms with Gasteiger partial charge in [0.05, 0.1) is 30.2 Å². The zero-order valence-electron chi connectivity index (χ0n) is 20.4. The topological polar surface area (TPSA) is 95.3 Å². The number of halogens is 5. The van der Waals surface area contributed by atoms with Crippen LogP contribution in [-0.4, -0.2) is 53.1 Å². The van der Waals surface area contributed by atoms with E-state index in [0.29, 0.717) is 22.0 Å². The summed E-state index contributed by atoms with van der Waals surface area (Å²) < 4.78 is 68.3. The standard InChI is InChI=1S/C27H21F5N4O3/c1-16(10-17-2-5-20(6-3-17)39-27(30,31)32)18-4-7-23-22(11-18)21(8-9-34-23)25(38)35-14-24(37)36-15-26(28,29)12-19(36)13-33/h2-11,19H,12,14-15H2,1H3,(H,35,38)/b16-10+. The van der Waals surface area contributed by atoms with E-state index in [1.807, 2.05) is 0 Å². The third-order valence-corrected chi connectivity index (χ3v) is 6.08. The molecule has 1 aliphatic heterocycles. The van der Waals surface area contributed by atoms with E-state index in [0.717, 1.165) is 10.5 Å². The zero-order chi connectivity index (χ0) is 28.4. The highest BCUT2D eigenvalue weighted by Crippen LogP contribution is 2.32. The Morgan fingerprint density at radius 2 is 1.92 bits per heavy atom. The van der Waals surface area contributed by atoms with Gasteiger partial charge in [-0.25, -0.2) is 8.78 Å². The smallest absolute Gasteiger partial charge is 0.406 e. The molecule has 0 aliphatic carbocycles. The first-order chi connectivity index (χ1) is 18.3. The van der Waals surface area contributed by atoms with Crippen LogP contribution in [0, 0.1) is 11.3 Å². The Kier molecular flexibility index (Phi) is 7.53. The van der Waals surface area contributed by atoms with Crippen LogP contribution in [0.1, 0.15) is 34.8 Å². The maximum atomic E-state index is 13.7. The number of carbonyl (C=O) groups excluding carboxylic acids is 2. The molecule has 0 bridgehead atoms. The quantitative estimate of drug-likeness (QED) is 0.341. The zero-order valence-corrected chi connectivity index (χ0v) is 20.4. The fraction of sp³-hybridized carbons (Fsp3) is 0.259. The van der Waals surface area contributed by atoms with E-state index in [9.17, 15) is 31.5 Å². The van der Waals surface area contributed by atoms with Crippen LogP contribution >= 0.6 is 0 Å². The molecule has 1 aliphatic rings. The van der Waals surface area contributed by atoms with Crippen LogP contribution in [0.15, 0.2) is 54.7 Å². The summed E-state index contributed by atoms with van der Waals surface area (Å²) in [6, 6.07) is 12.4. The molecule has 1 saturated heterocycles. The molecule has 1 N–H and O–H groups in total. The maximum Gasteiger partial charge on any atom is 0.573 e. The third kappa shape index (κ3) is 6.67. The second kappa shape index (κ2) is 10.7. The average Bonchev–Trinajstić information content (AvgIpc) is 3.21.